The van der Waals surface area contributed by atoms with Gasteiger partial charge in [0.2, 0.25) is 5.95 Å². The van der Waals surface area contributed by atoms with Crippen LogP contribution < -0.4 is 10.6 Å². The zero-order chi connectivity index (χ0) is 17.0. The summed E-state index contributed by atoms with van der Waals surface area (Å²) in [6, 6.07) is 20.1. The highest BCUT2D eigenvalue weighted by Gasteiger charge is 2.17. The van der Waals surface area contributed by atoms with E-state index in [0.717, 1.165) is 17.2 Å². The fourth-order valence-corrected chi connectivity index (χ4v) is 2.52. The molecule has 2 aromatic carbocycles. The Balaban J connectivity index is 1.83. The van der Waals surface area contributed by atoms with Gasteiger partial charge in [-0.1, -0.05) is 57.2 Å². The normalized spacial score (nSPS) is 11.1. The van der Waals surface area contributed by atoms with Crippen LogP contribution in [0.1, 0.15) is 26.3 Å². The van der Waals surface area contributed by atoms with E-state index < -0.39 is 0 Å². The van der Waals surface area contributed by atoms with Crippen LogP contribution in [0.3, 0.4) is 0 Å². The van der Waals surface area contributed by atoms with Crippen molar-refractivity contribution in [2.45, 2.75) is 26.2 Å². The van der Waals surface area contributed by atoms with E-state index in [1.807, 2.05) is 42.5 Å². The molecule has 1 heterocycles. The van der Waals surface area contributed by atoms with Crippen LogP contribution in [0.15, 0.2) is 66.9 Å². The minimum atomic E-state index is 0.0573. The number of rotatable bonds is 4. The molecule has 0 aliphatic heterocycles. The van der Waals surface area contributed by atoms with Crippen molar-refractivity contribution >= 4 is 23.1 Å². The molecule has 2 N–H and O–H groups in total. The van der Waals surface area contributed by atoms with E-state index in [2.05, 4.69) is 59.6 Å². The first-order valence-corrected chi connectivity index (χ1v) is 8.04. The molecule has 0 spiro atoms. The Hall–Kier alpha value is -2.88. The molecule has 0 fully saturated rings. The average molecular weight is 318 g/mol. The zero-order valence-corrected chi connectivity index (χ0v) is 14.2. The SMILES string of the molecule is CC(C)(C)c1ccccc1Nc1ccnc(Nc2ccccc2)n1. The lowest BCUT2D eigenvalue weighted by Gasteiger charge is -2.23. The Morgan fingerprint density at radius 2 is 1.50 bits per heavy atom. The van der Waals surface area contributed by atoms with Crippen LogP contribution >= 0.6 is 0 Å². The molecule has 3 aromatic rings. The third-order valence-electron chi connectivity index (χ3n) is 3.68. The minimum absolute atomic E-state index is 0.0573. The second-order valence-corrected chi connectivity index (χ2v) is 6.68. The Morgan fingerprint density at radius 1 is 0.792 bits per heavy atom. The number of anilines is 4. The van der Waals surface area contributed by atoms with Crippen molar-refractivity contribution in [3.05, 3.63) is 72.4 Å². The summed E-state index contributed by atoms with van der Waals surface area (Å²) in [5.74, 6) is 1.33. The third kappa shape index (κ3) is 3.90. The molecule has 0 aliphatic rings. The van der Waals surface area contributed by atoms with Crippen molar-refractivity contribution in [3.63, 3.8) is 0 Å². The lowest BCUT2D eigenvalue weighted by molar-refractivity contribution is 0.592. The van der Waals surface area contributed by atoms with Gasteiger partial charge in [-0.15, -0.1) is 0 Å². The smallest absolute Gasteiger partial charge is 0.229 e. The van der Waals surface area contributed by atoms with Gasteiger partial charge in [-0.05, 0) is 35.2 Å². The van der Waals surface area contributed by atoms with Crippen molar-refractivity contribution in [3.8, 4) is 0 Å². The van der Waals surface area contributed by atoms with Gasteiger partial charge in [0.1, 0.15) is 5.82 Å². The summed E-state index contributed by atoms with van der Waals surface area (Å²) in [5.41, 5.74) is 3.34. The van der Waals surface area contributed by atoms with E-state index in [0.29, 0.717) is 5.95 Å². The van der Waals surface area contributed by atoms with Crippen LogP contribution in [0, 0.1) is 0 Å². The largest absolute Gasteiger partial charge is 0.340 e. The molecule has 0 atom stereocenters. The first-order chi connectivity index (χ1) is 11.5. The summed E-state index contributed by atoms with van der Waals surface area (Å²) < 4.78 is 0. The van der Waals surface area contributed by atoms with Gasteiger partial charge in [0.25, 0.3) is 0 Å². The molecule has 0 aliphatic carbocycles. The number of para-hydroxylation sites is 2. The molecule has 24 heavy (non-hydrogen) atoms. The van der Waals surface area contributed by atoms with E-state index in [1.54, 1.807) is 6.20 Å². The Kier molecular flexibility index (Phi) is 4.47. The maximum atomic E-state index is 4.55. The molecule has 3 rings (SSSR count). The molecule has 0 unspecified atom stereocenters. The number of nitrogens with zero attached hydrogens (tertiary/aromatic N) is 2. The first kappa shape index (κ1) is 16.0. The summed E-state index contributed by atoms with van der Waals surface area (Å²) in [4.78, 5) is 8.84. The van der Waals surface area contributed by atoms with E-state index >= 15 is 0 Å². The van der Waals surface area contributed by atoms with Crippen LogP contribution in [0.5, 0.6) is 0 Å². The van der Waals surface area contributed by atoms with Crippen molar-refractivity contribution in [2.24, 2.45) is 0 Å². The summed E-state index contributed by atoms with van der Waals surface area (Å²) >= 11 is 0. The van der Waals surface area contributed by atoms with E-state index in [1.165, 1.54) is 5.56 Å². The number of nitrogens with one attached hydrogen (secondary N) is 2. The standard InChI is InChI=1S/C20H22N4/c1-20(2,3)16-11-7-8-12-17(16)23-18-13-14-21-19(24-18)22-15-9-5-4-6-10-15/h4-14H,1-3H3,(H2,21,22,23,24). The quantitative estimate of drug-likeness (QED) is 0.689. The van der Waals surface area contributed by atoms with Crippen LogP contribution in [0.2, 0.25) is 0 Å². The second-order valence-electron chi connectivity index (χ2n) is 6.68. The lowest BCUT2D eigenvalue weighted by Crippen LogP contribution is -2.13. The van der Waals surface area contributed by atoms with Crippen LogP contribution in [0.4, 0.5) is 23.1 Å². The third-order valence-corrected chi connectivity index (χ3v) is 3.68. The van der Waals surface area contributed by atoms with Gasteiger partial charge in [0.05, 0.1) is 0 Å². The summed E-state index contributed by atoms with van der Waals surface area (Å²) in [6.45, 7) is 6.61. The average Bonchev–Trinajstić information content (AvgIpc) is 2.56. The Labute approximate surface area is 143 Å². The Morgan fingerprint density at radius 3 is 2.25 bits per heavy atom. The predicted octanol–water partition coefficient (Wildman–Crippen LogP) is 5.26. The van der Waals surface area contributed by atoms with Gasteiger partial charge < -0.3 is 10.6 Å². The van der Waals surface area contributed by atoms with Gasteiger partial charge in [0, 0.05) is 17.6 Å². The predicted molar refractivity (Wildman–Crippen MR) is 100 cm³/mol. The molecule has 122 valence electrons. The second kappa shape index (κ2) is 6.71. The molecule has 0 amide bonds. The molecule has 0 saturated carbocycles. The highest BCUT2D eigenvalue weighted by molar-refractivity contribution is 5.63. The zero-order valence-electron chi connectivity index (χ0n) is 14.2. The molecule has 4 nitrogen and oxygen atoms in total. The van der Waals surface area contributed by atoms with E-state index in [9.17, 15) is 0 Å². The number of hydrogen-bond acceptors (Lipinski definition) is 4. The lowest BCUT2D eigenvalue weighted by atomic mass is 9.86. The number of aromatic nitrogens is 2. The highest BCUT2D eigenvalue weighted by atomic mass is 15.1. The van der Waals surface area contributed by atoms with Crippen molar-refractivity contribution in [1.29, 1.82) is 0 Å². The van der Waals surface area contributed by atoms with Crippen LogP contribution in [-0.4, -0.2) is 9.97 Å². The maximum absolute atomic E-state index is 4.55. The minimum Gasteiger partial charge on any atom is -0.340 e. The Bertz CT molecular complexity index is 807. The van der Waals surface area contributed by atoms with Crippen LogP contribution in [0.25, 0.3) is 0 Å². The van der Waals surface area contributed by atoms with Crippen molar-refractivity contribution < 1.29 is 0 Å². The van der Waals surface area contributed by atoms with Gasteiger partial charge in [-0.25, -0.2) is 4.98 Å². The highest BCUT2D eigenvalue weighted by Crippen LogP contribution is 2.31. The van der Waals surface area contributed by atoms with Crippen molar-refractivity contribution in [2.75, 3.05) is 10.6 Å². The summed E-state index contributed by atoms with van der Waals surface area (Å²) in [5, 5.41) is 6.63. The summed E-state index contributed by atoms with van der Waals surface area (Å²) in [7, 11) is 0. The molecular formula is C20H22N4. The fourth-order valence-electron chi connectivity index (χ4n) is 2.52. The molecule has 1 aromatic heterocycles. The number of benzene rings is 2. The summed E-state index contributed by atoms with van der Waals surface area (Å²) in [6.07, 6.45) is 1.75. The van der Waals surface area contributed by atoms with Gasteiger partial charge in [-0.3, -0.25) is 0 Å². The first-order valence-electron chi connectivity index (χ1n) is 8.04. The molecule has 4 heteroatoms. The molecule has 0 radical (unpaired) electrons. The maximum Gasteiger partial charge on any atom is 0.229 e. The van der Waals surface area contributed by atoms with E-state index in [-0.39, 0.29) is 5.41 Å². The van der Waals surface area contributed by atoms with Gasteiger partial charge >= 0.3 is 0 Å². The topological polar surface area (TPSA) is 49.8 Å². The number of hydrogen-bond donors (Lipinski definition) is 2. The van der Waals surface area contributed by atoms with Crippen LogP contribution in [-0.2, 0) is 5.41 Å². The monoisotopic (exact) mass is 318 g/mol. The molecule has 0 bridgehead atoms. The molecular weight excluding hydrogens is 296 g/mol. The van der Waals surface area contributed by atoms with E-state index in [4.69, 9.17) is 0 Å². The van der Waals surface area contributed by atoms with Gasteiger partial charge in [-0.2, -0.15) is 4.98 Å². The van der Waals surface area contributed by atoms with Crippen molar-refractivity contribution in [1.82, 2.24) is 9.97 Å². The van der Waals surface area contributed by atoms with Gasteiger partial charge in [0.15, 0.2) is 0 Å². The fraction of sp³-hybridized carbons (Fsp3) is 0.200. The molecule has 0 saturated heterocycles.